The minimum absolute atomic E-state index is 0.347. The topological polar surface area (TPSA) is 60.5 Å². The Morgan fingerprint density at radius 3 is 2.59 bits per heavy atom. The quantitative estimate of drug-likeness (QED) is 0.749. The van der Waals surface area contributed by atoms with Crippen molar-refractivity contribution in [2.24, 2.45) is 0 Å². The predicted molar refractivity (Wildman–Crippen MR) is 66.7 cm³/mol. The number of aryl methyl sites for hydroxylation is 1. The molecule has 0 N–H and O–H groups in total. The summed E-state index contributed by atoms with van der Waals surface area (Å²) in [6.45, 7) is 2.00. The highest BCUT2D eigenvalue weighted by molar-refractivity contribution is 7.99. The van der Waals surface area contributed by atoms with Crippen LogP contribution in [0.1, 0.15) is 35.2 Å². The van der Waals surface area contributed by atoms with Gasteiger partial charge < -0.3 is 0 Å². The van der Waals surface area contributed by atoms with E-state index in [0.717, 1.165) is 30.0 Å². The van der Waals surface area contributed by atoms with Crippen LogP contribution in [0.3, 0.4) is 0 Å². The van der Waals surface area contributed by atoms with Gasteiger partial charge in [-0.3, -0.25) is 0 Å². The number of thioether (sulfide) groups is 1. The maximum Gasteiger partial charge on any atom is 0.115 e. The average Bonchev–Trinajstić information content (AvgIpc) is 2.36. The summed E-state index contributed by atoms with van der Waals surface area (Å²) < 4.78 is 0. The third-order valence-electron chi connectivity index (χ3n) is 3.07. The number of rotatable bonds is 2. The number of nitrogens with zero attached hydrogens (tertiary/aromatic N) is 3. The summed E-state index contributed by atoms with van der Waals surface area (Å²) >= 11 is 1.36. The van der Waals surface area contributed by atoms with Gasteiger partial charge in [0, 0.05) is 5.69 Å². The first-order chi connectivity index (χ1) is 8.27. The van der Waals surface area contributed by atoms with Gasteiger partial charge >= 0.3 is 0 Å². The molecule has 1 aromatic heterocycles. The maximum atomic E-state index is 9.28. The molecule has 0 radical (unpaired) electrons. The van der Waals surface area contributed by atoms with E-state index in [9.17, 15) is 5.26 Å². The fraction of sp³-hybridized carbons (Fsp3) is 0.462. The second-order valence-electron chi connectivity index (χ2n) is 4.10. The molecule has 0 fully saturated rings. The first-order valence-electron chi connectivity index (χ1n) is 5.70. The van der Waals surface area contributed by atoms with Crippen molar-refractivity contribution in [2.75, 3.05) is 5.75 Å². The van der Waals surface area contributed by atoms with Crippen LogP contribution in [0.4, 0.5) is 0 Å². The third kappa shape index (κ3) is 2.28. The van der Waals surface area contributed by atoms with Crippen molar-refractivity contribution < 1.29 is 0 Å². The van der Waals surface area contributed by atoms with Crippen LogP contribution in [-0.4, -0.2) is 10.7 Å². The van der Waals surface area contributed by atoms with Crippen molar-refractivity contribution in [3.05, 3.63) is 22.4 Å². The van der Waals surface area contributed by atoms with Crippen molar-refractivity contribution in [1.29, 1.82) is 10.5 Å². The SMILES string of the molecule is Cc1nc(SCC#N)c(C#N)c2c1CCCC2. The van der Waals surface area contributed by atoms with E-state index in [1.807, 2.05) is 6.92 Å². The van der Waals surface area contributed by atoms with Gasteiger partial charge in [-0.25, -0.2) is 4.98 Å². The van der Waals surface area contributed by atoms with E-state index in [1.165, 1.54) is 29.3 Å². The van der Waals surface area contributed by atoms with E-state index in [2.05, 4.69) is 17.1 Å². The number of aromatic nitrogens is 1. The fourth-order valence-corrected chi connectivity index (χ4v) is 3.02. The Bertz CT molecular complexity index is 523. The molecule has 1 aliphatic carbocycles. The minimum Gasteiger partial charge on any atom is -0.245 e. The van der Waals surface area contributed by atoms with Gasteiger partial charge in [-0.2, -0.15) is 10.5 Å². The van der Waals surface area contributed by atoms with Crippen LogP contribution in [0, 0.1) is 29.6 Å². The summed E-state index contributed by atoms with van der Waals surface area (Å²) in [6.07, 6.45) is 4.34. The third-order valence-corrected chi connectivity index (χ3v) is 3.92. The molecule has 0 saturated heterocycles. The molecule has 17 heavy (non-hydrogen) atoms. The molecule has 2 rings (SSSR count). The molecular weight excluding hydrogens is 230 g/mol. The summed E-state index contributed by atoms with van der Waals surface area (Å²) in [5.41, 5.74) is 4.16. The zero-order valence-corrected chi connectivity index (χ0v) is 10.6. The van der Waals surface area contributed by atoms with E-state index in [4.69, 9.17) is 5.26 Å². The van der Waals surface area contributed by atoms with E-state index in [0.29, 0.717) is 11.3 Å². The Hall–Kier alpha value is -1.52. The van der Waals surface area contributed by atoms with E-state index in [-0.39, 0.29) is 0 Å². The Balaban J connectivity index is 2.51. The molecule has 0 aromatic carbocycles. The van der Waals surface area contributed by atoms with Crippen LogP contribution in [0.15, 0.2) is 5.03 Å². The highest BCUT2D eigenvalue weighted by atomic mass is 32.2. The molecule has 0 bridgehead atoms. The van der Waals surface area contributed by atoms with Gasteiger partial charge in [-0.15, -0.1) is 0 Å². The lowest BCUT2D eigenvalue weighted by Gasteiger charge is -2.20. The summed E-state index contributed by atoms with van der Waals surface area (Å²) in [7, 11) is 0. The van der Waals surface area contributed by atoms with E-state index >= 15 is 0 Å². The lowest BCUT2D eigenvalue weighted by molar-refractivity contribution is 0.669. The highest BCUT2D eigenvalue weighted by Crippen LogP contribution is 2.31. The number of hydrogen-bond donors (Lipinski definition) is 0. The Morgan fingerprint density at radius 1 is 1.24 bits per heavy atom. The van der Waals surface area contributed by atoms with Gasteiger partial charge in [-0.05, 0) is 43.7 Å². The standard InChI is InChI=1S/C13H13N3S/c1-9-10-4-2-3-5-11(10)12(8-15)13(16-9)17-7-6-14/h2-5,7H2,1H3. The average molecular weight is 243 g/mol. The number of pyridine rings is 1. The summed E-state index contributed by atoms with van der Waals surface area (Å²) in [4.78, 5) is 4.48. The lowest BCUT2D eigenvalue weighted by atomic mass is 9.88. The molecule has 0 aliphatic heterocycles. The van der Waals surface area contributed by atoms with Crippen LogP contribution in [0.2, 0.25) is 0 Å². The highest BCUT2D eigenvalue weighted by Gasteiger charge is 2.20. The molecule has 0 spiro atoms. The molecule has 0 amide bonds. The van der Waals surface area contributed by atoms with Crippen LogP contribution >= 0.6 is 11.8 Å². The molecule has 4 heteroatoms. The van der Waals surface area contributed by atoms with Gasteiger partial charge in [0.05, 0.1) is 17.4 Å². The molecule has 1 aliphatic rings. The maximum absolute atomic E-state index is 9.28. The minimum atomic E-state index is 0.347. The van der Waals surface area contributed by atoms with E-state index < -0.39 is 0 Å². The second kappa shape index (κ2) is 5.21. The van der Waals surface area contributed by atoms with Crippen molar-refractivity contribution in [2.45, 2.75) is 37.6 Å². The fourth-order valence-electron chi connectivity index (χ4n) is 2.31. The van der Waals surface area contributed by atoms with Gasteiger partial charge in [0.1, 0.15) is 11.1 Å². The predicted octanol–water partition coefficient (Wildman–Crippen LogP) is 2.76. The largest absolute Gasteiger partial charge is 0.245 e. The molecule has 0 saturated carbocycles. The molecule has 0 atom stereocenters. The van der Waals surface area contributed by atoms with Crippen molar-refractivity contribution in [1.82, 2.24) is 4.98 Å². The zero-order valence-electron chi connectivity index (χ0n) is 9.79. The van der Waals surface area contributed by atoms with Crippen molar-refractivity contribution in [3.63, 3.8) is 0 Å². The monoisotopic (exact) mass is 243 g/mol. The van der Waals surface area contributed by atoms with Gasteiger partial charge in [-0.1, -0.05) is 11.8 Å². The Morgan fingerprint density at radius 2 is 1.94 bits per heavy atom. The molecule has 0 unspecified atom stereocenters. The molecule has 1 aromatic rings. The van der Waals surface area contributed by atoms with E-state index in [1.54, 1.807) is 0 Å². The number of hydrogen-bond acceptors (Lipinski definition) is 4. The smallest absolute Gasteiger partial charge is 0.115 e. The summed E-state index contributed by atoms with van der Waals surface area (Å²) in [5, 5.41) is 18.6. The first kappa shape index (κ1) is 12.0. The van der Waals surface area contributed by atoms with Gasteiger partial charge in [0.2, 0.25) is 0 Å². The van der Waals surface area contributed by atoms with Crippen molar-refractivity contribution in [3.8, 4) is 12.1 Å². The summed E-state index contributed by atoms with van der Waals surface area (Å²) in [5.74, 6) is 0.347. The zero-order chi connectivity index (χ0) is 12.3. The lowest BCUT2D eigenvalue weighted by Crippen LogP contribution is -2.10. The van der Waals surface area contributed by atoms with Crippen LogP contribution in [0.25, 0.3) is 0 Å². The van der Waals surface area contributed by atoms with Crippen LogP contribution in [-0.2, 0) is 12.8 Å². The van der Waals surface area contributed by atoms with Gasteiger partial charge in [0.25, 0.3) is 0 Å². The van der Waals surface area contributed by atoms with Gasteiger partial charge in [0.15, 0.2) is 0 Å². The first-order valence-corrected chi connectivity index (χ1v) is 6.68. The number of nitriles is 2. The van der Waals surface area contributed by atoms with Crippen LogP contribution in [0.5, 0.6) is 0 Å². The van der Waals surface area contributed by atoms with Crippen molar-refractivity contribution >= 4 is 11.8 Å². The molecular formula is C13H13N3S. The molecule has 1 heterocycles. The Kier molecular flexibility index (Phi) is 3.66. The second-order valence-corrected chi connectivity index (χ2v) is 5.06. The summed E-state index contributed by atoms with van der Waals surface area (Å²) in [6, 6.07) is 4.35. The Labute approximate surface area is 105 Å². The number of fused-ring (bicyclic) bond motifs is 1. The molecule has 3 nitrogen and oxygen atoms in total. The molecule has 86 valence electrons. The normalized spacial score (nSPS) is 13.6. The van der Waals surface area contributed by atoms with Crippen LogP contribution < -0.4 is 0 Å².